The van der Waals surface area contributed by atoms with Crippen LogP contribution >= 0.6 is 0 Å². The summed E-state index contributed by atoms with van der Waals surface area (Å²) in [5.41, 5.74) is 0.968. The molecule has 2 rings (SSSR count). The van der Waals surface area contributed by atoms with Gasteiger partial charge in [0, 0.05) is 5.56 Å². The Balaban J connectivity index is 2.14. The van der Waals surface area contributed by atoms with Gasteiger partial charge in [-0.05, 0) is 20.8 Å². The number of esters is 1. The van der Waals surface area contributed by atoms with Gasteiger partial charge in [-0.1, -0.05) is 30.3 Å². The van der Waals surface area contributed by atoms with Gasteiger partial charge in [0.05, 0.1) is 6.20 Å². The molecule has 0 spiro atoms. The van der Waals surface area contributed by atoms with E-state index in [-0.39, 0.29) is 0 Å². The van der Waals surface area contributed by atoms with Crippen LogP contribution in [-0.4, -0.2) is 16.6 Å². The average molecular weight is 271 g/mol. The molecule has 0 aliphatic heterocycles. The van der Waals surface area contributed by atoms with Crippen molar-refractivity contribution in [1.29, 1.82) is 0 Å². The van der Waals surface area contributed by atoms with Gasteiger partial charge in [-0.25, -0.2) is 9.78 Å². The highest BCUT2D eigenvalue weighted by molar-refractivity contribution is 5.86. The molecule has 1 aromatic carbocycles. The largest absolute Gasteiger partial charge is 0.455 e. The lowest BCUT2D eigenvalue weighted by Gasteiger charge is -2.18. The van der Waals surface area contributed by atoms with Crippen LogP contribution in [0.4, 0.5) is 0 Å². The fourth-order valence-corrected chi connectivity index (χ4v) is 1.76. The zero-order valence-electron chi connectivity index (χ0n) is 12.0. The van der Waals surface area contributed by atoms with E-state index in [0.29, 0.717) is 12.2 Å². The van der Waals surface area contributed by atoms with Gasteiger partial charge in [0.1, 0.15) is 5.60 Å². The summed E-state index contributed by atoms with van der Waals surface area (Å²) < 4.78 is 7.23. The van der Waals surface area contributed by atoms with Crippen LogP contribution in [0.25, 0.3) is 0 Å². The second kappa shape index (κ2) is 5.82. The highest BCUT2D eigenvalue weighted by atomic mass is 16.6. The highest BCUT2D eigenvalue weighted by Gasteiger charge is 2.21. The van der Waals surface area contributed by atoms with Crippen molar-refractivity contribution in [2.24, 2.45) is 0 Å². The molecule has 4 heteroatoms. The van der Waals surface area contributed by atoms with Crippen molar-refractivity contribution < 1.29 is 14.1 Å². The maximum Gasteiger partial charge on any atom is 0.363 e. The van der Waals surface area contributed by atoms with Crippen molar-refractivity contribution in [1.82, 2.24) is 4.98 Å². The fraction of sp³-hybridized carbons (Fsp3) is 0.312. The van der Waals surface area contributed by atoms with E-state index in [4.69, 9.17) is 4.74 Å². The molecule has 2 aromatic rings. The molecule has 1 aromatic heterocycles. The van der Waals surface area contributed by atoms with E-state index in [9.17, 15) is 4.79 Å². The van der Waals surface area contributed by atoms with Crippen molar-refractivity contribution in [2.45, 2.75) is 32.9 Å². The average Bonchev–Trinajstić information content (AvgIpc) is 2.38. The van der Waals surface area contributed by atoms with E-state index in [2.05, 4.69) is 4.98 Å². The summed E-state index contributed by atoms with van der Waals surface area (Å²) in [7, 11) is 0. The summed E-state index contributed by atoms with van der Waals surface area (Å²) in [6.45, 7) is 6.21. The maximum absolute atomic E-state index is 12.0. The number of nitrogens with zero attached hydrogens (tertiary/aromatic N) is 2. The molecule has 1 heterocycles. The third-order valence-electron chi connectivity index (χ3n) is 2.58. The van der Waals surface area contributed by atoms with E-state index in [1.165, 1.54) is 5.56 Å². The Hall–Kier alpha value is -2.23. The molecule has 4 nitrogen and oxygen atoms in total. The van der Waals surface area contributed by atoms with E-state index in [1.54, 1.807) is 12.4 Å². The summed E-state index contributed by atoms with van der Waals surface area (Å²) in [5.74, 6) is -0.403. The Morgan fingerprint density at radius 2 is 1.95 bits per heavy atom. The lowest BCUT2D eigenvalue weighted by molar-refractivity contribution is -0.689. The summed E-state index contributed by atoms with van der Waals surface area (Å²) in [5, 5.41) is 0. The number of aromatic nitrogens is 2. The number of carbonyl (C=O) groups is 1. The summed E-state index contributed by atoms with van der Waals surface area (Å²) in [6.07, 6.45) is 5.16. The van der Waals surface area contributed by atoms with Crippen molar-refractivity contribution in [3.05, 3.63) is 60.2 Å². The molecule has 0 atom stereocenters. The van der Waals surface area contributed by atoms with Crippen LogP contribution in [0.1, 0.15) is 36.8 Å². The molecule has 0 amide bonds. The number of rotatable bonds is 3. The minimum absolute atomic E-state index is 0.318. The molecule has 0 saturated carbocycles. The van der Waals surface area contributed by atoms with Crippen LogP contribution in [0.2, 0.25) is 0 Å². The second-order valence-corrected chi connectivity index (χ2v) is 5.60. The molecule has 20 heavy (non-hydrogen) atoms. The Morgan fingerprint density at radius 3 is 2.60 bits per heavy atom. The number of hydrogen-bond acceptors (Lipinski definition) is 3. The van der Waals surface area contributed by atoms with Gasteiger partial charge in [0.25, 0.3) is 0 Å². The second-order valence-electron chi connectivity index (χ2n) is 5.60. The lowest BCUT2D eigenvalue weighted by Crippen LogP contribution is -2.36. The zero-order valence-corrected chi connectivity index (χ0v) is 12.0. The van der Waals surface area contributed by atoms with Crippen LogP contribution in [0.15, 0.2) is 48.9 Å². The van der Waals surface area contributed by atoms with Crippen LogP contribution in [-0.2, 0) is 11.3 Å². The van der Waals surface area contributed by atoms with E-state index >= 15 is 0 Å². The van der Waals surface area contributed by atoms with Gasteiger partial charge >= 0.3 is 5.97 Å². The standard InChI is InChI=1S/C16H19N2O2/c1-16(2,3)20-15(19)14-12-18(10-9-17-14)11-13-7-5-4-6-8-13/h4-10,12H,11H2,1-3H3/q+1. The summed E-state index contributed by atoms with van der Waals surface area (Å²) in [6, 6.07) is 10.0. The first-order valence-electron chi connectivity index (χ1n) is 6.56. The summed E-state index contributed by atoms with van der Waals surface area (Å²) >= 11 is 0. The highest BCUT2D eigenvalue weighted by Crippen LogP contribution is 2.09. The molecule has 0 N–H and O–H groups in total. The number of carbonyl (C=O) groups excluding carboxylic acids is 1. The van der Waals surface area contributed by atoms with E-state index < -0.39 is 11.6 Å². The van der Waals surface area contributed by atoms with E-state index in [1.807, 2.05) is 61.9 Å². The van der Waals surface area contributed by atoms with Crippen LogP contribution in [0.5, 0.6) is 0 Å². The third-order valence-corrected chi connectivity index (χ3v) is 2.58. The first-order chi connectivity index (χ1) is 9.44. The van der Waals surface area contributed by atoms with Crippen LogP contribution in [0, 0.1) is 0 Å². The van der Waals surface area contributed by atoms with Gasteiger partial charge in [0.15, 0.2) is 12.7 Å². The molecule has 0 aliphatic carbocycles. The quantitative estimate of drug-likeness (QED) is 0.636. The molecular formula is C16H19N2O2+. The molecular weight excluding hydrogens is 252 g/mol. The molecule has 0 bridgehead atoms. The van der Waals surface area contributed by atoms with Gasteiger partial charge in [0.2, 0.25) is 11.9 Å². The smallest absolute Gasteiger partial charge is 0.363 e. The number of benzene rings is 1. The topological polar surface area (TPSA) is 43.1 Å². The van der Waals surface area contributed by atoms with Crippen molar-refractivity contribution in [2.75, 3.05) is 0 Å². The first-order valence-corrected chi connectivity index (χ1v) is 6.56. The normalized spacial score (nSPS) is 11.2. The Bertz CT molecular complexity index is 589. The van der Waals surface area contributed by atoms with Crippen molar-refractivity contribution >= 4 is 5.97 Å². The molecule has 104 valence electrons. The lowest BCUT2D eigenvalue weighted by atomic mass is 10.2. The Morgan fingerprint density at radius 1 is 1.25 bits per heavy atom. The number of hydrogen-bond donors (Lipinski definition) is 0. The monoisotopic (exact) mass is 271 g/mol. The predicted octanol–water partition coefficient (Wildman–Crippen LogP) is 2.37. The molecule has 0 saturated heterocycles. The molecule has 0 aliphatic rings. The van der Waals surface area contributed by atoms with Crippen molar-refractivity contribution in [3.8, 4) is 0 Å². The van der Waals surface area contributed by atoms with Gasteiger partial charge < -0.3 is 4.74 Å². The molecule has 0 radical (unpaired) electrons. The van der Waals surface area contributed by atoms with E-state index in [0.717, 1.165) is 0 Å². The summed E-state index contributed by atoms with van der Waals surface area (Å²) in [4.78, 5) is 16.0. The third kappa shape index (κ3) is 4.16. The van der Waals surface area contributed by atoms with Gasteiger partial charge in [-0.3, -0.25) is 0 Å². The van der Waals surface area contributed by atoms with Crippen LogP contribution < -0.4 is 4.57 Å². The minimum Gasteiger partial charge on any atom is -0.455 e. The fourth-order valence-electron chi connectivity index (χ4n) is 1.76. The van der Waals surface area contributed by atoms with Crippen molar-refractivity contribution in [3.63, 3.8) is 0 Å². The minimum atomic E-state index is -0.515. The first kappa shape index (κ1) is 14.2. The zero-order chi connectivity index (χ0) is 14.6. The number of ether oxygens (including phenoxy) is 1. The SMILES string of the molecule is CC(C)(C)OC(=O)c1c[n+](Cc2ccccc2)ccn1. The van der Waals surface area contributed by atoms with Gasteiger partial charge in [-0.2, -0.15) is 4.57 Å². The predicted molar refractivity (Wildman–Crippen MR) is 75.1 cm³/mol. The molecule has 0 fully saturated rings. The van der Waals surface area contributed by atoms with Gasteiger partial charge in [-0.15, -0.1) is 0 Å². The maximum atomic E-state index is 12.0. The van der Waals surface area contributed by atoms with Crippen LogP contribution in [0.3, 0.4) is 0 Å². The Kier molecular flexibility index (Phi) is 4.13. The molecule has 0 unspecified atom stereocenters. The Labute approximate surface area is 119 Å².